The van der Waals surface area contributed by atoms with Gasteiger partial charge in [-0.15, -0.1) is 16.8 Å². The zero-order chi connectivity index (χ0) is 44.5. The number of benzene rings is 2. The van der Waals surface area contributed by atoms with Crippen molar-refractivity contribution < 1.29 is 57.7 Å². The van der Waals surface area contributed by atoms with E-state index in [1.165, 1.54) is 36.0 Å². The van der Waals surface area contributed by atoms with Crippen LogP contribution in [0.3, 0.4) is 0 Å². The van der Waals surface area contributed by atoms with Gasteiger partial charge in [-0.25, -0.2) is 9.59 Å². The number of thioether (sulfide) groups is 1. The number of carboxylic acids is 1. The molecule has 1 aliphatic carbocycles. The lowest BCUT2D eigenvalue weighted by molar-refractivity contribution is -0.197. The zero-order valence-electron chi connectivity index (χ0n) is 33.7. The molecule has 4 amide bonds. The van der Waals surface area contributed by atoms with E-state index in [4.69, 9.17) is 18.7 Å². The fraction of sp³-hybridized carbons (Fsp3) is 0.295. The zero-order valence-corrected chi connectivity index (χ0v) is 34.5. The average molecular weight is 858 g/mol. The van der Waals surface area contributed by atoms with Gasteiger partial charge in [-0.05, 0) is 43.2 Å². The Balaban J connectivity index is 1.22. The van der Waals surface area contributed by atoms with E-state index in [-0.39, 0.29) is 110 Å². The average Bonchev–Trinajstić information content (AvgIpc) is 3.54. The molecule has 322 valence electrons. The number of hydroxylamine groups is 2. The second-order valence-electron chi connectivity index (χ2n) is 13.2. The number of ether oxygens (including phenoxy) is 2. The van der Waals surface area contributed by atoms with Gasteiger partial charge in [-0.1, -0.05) is 55.6 Å². The summed E-state index contributed by atoms with van der Waals surface area (Å²) in [6.07, 6.45) is 5.47. The summed E-state index contributed by atoms with van der Waals surface area (Å²) in [6, 6.07) is 13.1. The number of aliphatic carboxylic acids is 1. The second-order valence-corrected chi connectivity index (χ2v) is 14.4. The van der Waals surface area contributed by atoms with Gasteiger partial charge in [0.05, 0.1) is 38.4 Å². The second kappa shape index (κ2) is 23.3. The van der Waals surface area contributed by atoms with Crippen molar-refractivity contribution in [3.8, 4) is 11.3 Å². The minimum Gasteiger partial charge on any atom is -0.508 e. The maximum Gasteiger partial charge on any atom is 0.336 e. The highest BCUT2D eigenvalue weighted by atomic mass is 32.2. The Kier molecular flexibility index (Phi) is 18.0. The van der Waals surface area contributed by atoms with Crippen LogP contribution < -0.4 is 26.7 Å². The molecule has 17 heteroatoms. The van der Waals surface area contributed by atoms with E-state index >= 15 is 0 Å². The van der Waals surface area contributed by atoms with Crippen LogP contribution >= 0.6 is 11.8 Å². The molecule has 2 aliphatic heterocycles. The number of carboxylic acid groups (broad SMARTS) is 1. The highest BCUT2D eigenvalue weighted by molar-refractivity contribution is 8.00. The van der Waals surface area contributed by atoms with Crippen molar-refractivity contribution >= 4 is 65.1 Å². The minimum absolute atomic E-state index is 0.00545. The van der Waals surface area contributed by atoms with Crippen LogP contribution in [0, 0.1) is 0 Å². The number of fused-ring (bicyclic) bond motifs is 1. The predicted octanol–water partition coefficient (Wildman–Crippen LogP) is 3.11. The van der Waals surface area contributed by atoms with Crippen molar-refractivity contribution in [3.05, 3.63) is 123 Å². The van der Waals surface area contributed by atoms with Crippen LogP contribution in [0.4, 0.5) is 0 Å². The predicted molar refractivity (Wildman–Crippen MR) is 227 cm³/mol. The molecule has 1 aromatic carbocycles. The van der Waals surface area contributed by atoms with E-state index in [0.29, 0.717) is 21.4 Å². The molecule has 0 saturated carbocycles. The standard InChI is InChI=1S/C44H47N3O13S/c1-5-31(40-32(6-2)35(25-28(4)48)59-36-26-30(49)12-13-33(36)40)34(44(55)56)24-27(3)42(53)45-17-19-57-21-22-58-20-18-46-43(54)41(29-10-8-7-9-11-29)61-23-16-39(52)60-47-37(50)14-15-38(47)51/h5-13,24-26,41,48H,3-4,14-23H2,1-2H3,(H,45,53)(H,46,54)(H,55,56)/b31-5+,32-6+,34-24+,35-25+. The maximum atomic E-state index is 13.1. The molecular weight excluding hydrogens is 811 g/mol. The summed E-state index contributed by atoms with van der Waals surface area (Å²) < 4.78 is 17.0. The van der Waals surface area contributed by atoms with Crippen LogP contribution in [0.15, 0.2) is 100.0 Å². The Labute approximate surface area is 355 Å². The highest BCUT2D eigenvalue weighted by Gasteiger charge is 2.33. The number of aliphatic hydroxyl groups is 1. The number of carbonyl (C=O) groups excluding carboxylic acids is 5. The summed E-state index contributed by atoms with van der Waals surface area (Å²) in [7, 11) is 0. The van der Waals surface area contributed by atoms with Crippen LogP contribution in [0.25, 0.3) is 29.0 Å². The topological polar surface area (TPSA) is 228 Å². The summed E-state index contributed by atoms with van der Waals surface area (Å²) >= 11 is 1.21. The lowest BCUT2D eigenvalue weighted by Gasteiger charge is -2.17. The molecule has 1 aromatic rings. The summed E-state index contributed by atoms with van der Waals surface area (Å²) in [5, 5.41) is 25.9. The van der Waals surface area contributed by atoms with Crippen LogP contribution in [-0.4, -0.2) is 96.1 Å². The summed E-state index contributed by atoms with van der Waals surface area (Å²) in [5.74, 6) is -4.15. The van der Waals surface area contributed by atoms with Crippen LogP contribution in [0.5, 0.6) is 0 Å². The van der Waals surface area contributed by atoms with E-state index in [0.717, 1.165) is 11.6 Å². The maximum absolute atomic E-state index is 13.1. The van der Waals surface area contributed by atoms with Gasteiger partial charge in [-0.3, -0.25) is 24.0 Å². The molecule has 4 rings (SSSR count). The molecule has 61 heavy (non-hydrogen) atoms. The van der Waals surface area contributed by atoms with E-state index in [1.807, 2.05) is 6.07 Å². The molecule has 0 aromatic heterocycles. The number of hydrogen-bond donors (Lipinski definition) is 4. The van der Waals surface area contributed by atoms with Gasteiger partial charge in [0.2, 0.25) is 5.91 Å². The van der Waals surface area contributed by atoms with Crippen LogP contribution in [0.2, 0.25) is 0 Å². The SMILES string of the molecule is C=C(O)/C=c1/oc2cc(=O)ccc-2c(C(=C/C)/C(=C\C(=C)C(=O)NCCOCCOCCNC(=O)C(SCCC(=O)ON2C(=O)CCC2=O)c2ccccc2)C(=O)O)/c1=C/C. The van der Waals surface area contributed by atoms with Crippen molar-refractivity contribution in [1.29, 1.82) is 0 Å². The van der Waals surface area contributed by atoms with Gasteiger partial charge in [0, 0.05) is 65.7 Å². The number of nitrogens with zero attached hydrogens (tertiary/aromatic N) is 1. The molecule has 1 unspecified atom stereocenters. The molecule has 0 radical (unpaired) electrons. The van der Waals surface area contributed by atoms with Gasteiger partial charge < -0.3 is 39.6 Å². The number of aliphatic hydroxyl groups excluding tert-OH is 1. The molecule has 1 fully saturated rings. The first-order chi connectivity index (χ1) is 29.2. The summed E-state index contributed by atoms with van der Waals surface area (Å²) in [4.78, 5) is 91.4. The first-order valence-corrected chi connectivity index (χ1v) is 20.2. The third-order valence-electron chi connectivity index (χ3n) is 8.83. The summed E-state index contributed by atoms with van der Waals surface area (Å²) in [6.45, 7) is 11.5. The van der Waals surface area contributed by atoms with Gasteiger partial charge in [0.15, 0.2) is 5.43 Å². The number of nitrogens with one attached hydrogen (secondary N) is 2. The van der Waals surface area contributed by atoms with Gasteiger partial charge in [-0.2, -0.15) is 0 Å². The van der Waals surface area contributed by atoms with Crippen molar-refractivity contribution in [2.75, 3.05) is 45.3 Å². The smallest absolute Gasteiger partial charge is 0.336 e. The lowest BCUT2D eigenvalue weighted by atomic mass is 9.89. The van der Waals surface area contributed by atoms with Gasteiger partial charge >= 0.3 is 11.9 Å². The molecule has 0 spiro atoms. The van der Waals surface area contributed by atoms with Crippen molar-refractivity contribution in [3.63, 3.8) is 0 Å². The number of allylic oxidation sites excluding steroid dienone is 2. The fourth-order valence-corrected chi connectivity index (χ4v) is 7.13. The molecule has 2 heterocycles. The molecule has 1 atom stereocenters. The third kappa shape index (κ3) is 13.5. The molecule has 4 N–H and O–H groups in total. The van der Waals surface area contributed by atoms with Crippen LogP contribution in [-0.2, 0) is 43.1 Å². The van der Waals surface area contributed by atoms with E-state index in [9.17, 15) is 43.8 Å². The Bertz CT molecular complexity index is 2350. The number of rotatable bonds is 22. The Morgan fingerprint density at radius 1 is 0.918 bits per heavy atom. The van der Waals surface area contributed by atoms with Crippen molar-refractivity contribution in [2.24, 2.45) is 0 Å². The first kappa shape index (κ1) is 47.1. The lowest BCUT2D eigenvalue weighted by Crippen LogP contribution is -2.32. The molecule has 3 aliphatic rings. The number of imide groups is 1. The normalized spacial score (nSPS) is 14.3. The molecule has 1 saturated heterocycles. The third-order valence-corrected chi connectivity index (χ3v) is 10.1. The van der Waals surface area contributed by atoms with Gasteiger partial charge in [0.25, 0.3) is 17.7 Å². The van der Waals surface area contributed by atoms with E-state index in [2.05, 4.69) is 23.8 Å². The molecule has 0 bridgehead atoms. The van der Waals surface area contributed by atoms with E-state index < -0.39 is 34.9 Å². The van der Waals surface area contributed by atoms with Crippen LogP contribution in [0.1, 0.15) is 49.5 Å². The minimum atomic E-state index is -1.35. The fourth-order valence-electron chi connectivity index (χ4n) is 6.03. The van der Waals surface area contributed by atoms with Gasteiger partial charge in [0.1, 0.15) is 22.2 Å². The Morgan fingerprint density at radius 2 is 1.57 bits per heavy atom. The van der Waals surface area contributed by atoms with Crippen molar-refractivity contribution in [1.82, 2.24) is 15.7 Å². The number of hydrogen-bond acceptors (Lipinski definition) is 13. The summed E-state index contributed by atoms with van der Waals surface area (Å²) in [5.41, 5.74) is 1.13. The monoisotopic (exact) mass is 857 g/mol. The quantitative estimate of drug-likeness (QED) is 0.0375. The van der Waals surface area contributed by atoms with Crippen molar-refractivity contribution in [2.45, 2.75) is 38.4 Å². The molecule has 16 nitrogen and oxygen atoms in total. The Morgan fingerprint density at radius 3 is 2.18 bits per heavy atom. The number of amides is 4. The number of carbonyl (C=O) groups is 6. The highest BCUT2D eigenvalue weighted by Crippen LogP contribution is 2.32. The first-order valence-electron chi connectivity index (χ1n) is 19.1. The van der Waals surface area contributed by atoms with E-state index in [1.54, 1.807) is 50.3 Å². The Hall–Kier alpha value is -6.56. The largest absolute Gasteiger partial charge is 0.508 e. The molecular formula is C44H47N3O13S.